The number of fused-ring (bicyclic) bond motifs is 3. The molecule has 4 aliphatic carbocycles. The maximum absolute atomic E-state index is 14.2. The first kappa shape index (κ1) is 28.3. The van der Waals surface area contributed by atoms with Crippen molar-refractivity contribution in [2.24, 2.45) is 28.6 Å². The number of aliphatic hydroxyl groups excluding tert-OH is 3. The van der Waals surface area contributed by atoms with Crippen molar-refractivity contribution in [3.63, 3.8) is 0 Å². The summed E-state index contributed by atoms with van der Waals surface area (Å²) in [6.07, 6.45) is -1.55. The van der Waals surface area contributed by atoms with Crippen molar-refractivity contribution in [2.75, 3.05) is 13.7 Å². The normalized spacial score (nSPS) is 57.7. The molecule has 4 saturated carbocycles. The van der Waals surface area contributed by atoms with Crippen LogP contribution in [0.1, 0.15) is 59.3 Å². The van der Waals surface area contributed by atoms with Crippen molar-refractivity contribution in [1.29, 1.82) is 0 Å². The van der Waals surface area contributed by atoms with Crippen molar-refractivity contribution < 1.29 is 53.7 Å². The number of epoxide rings is 1. The van der Waals surface area contributed by atoms with Gasteiger partial charge in [0, 0.05) is 19.1 Å². The molecular formula is C30H42O11. The number of carbonyl (C=O) groups is 2. The Hall–Kier alpha value is -1.44. The average molecular weight is 579 g/mol. The first-order valence-corrected chi connectivity index (χ1v) is 15.0. The maximum atomic E-state index is 14.2. The van der Waals surface area contributed by atoms with E-state index in [9.17, 15) is 30.0 Å². The van der Waals surface area contributed by atoms with Crippen LogP contribution < -0.4 is 0 Å². The van der Waals surface area contributed by atoms with Crippen LogP contribution in [-0.2, 0) is 33.3 Å². The highest BCUT2D eigenvalue weighted by molar-refractivity contribution is 5.94. The lowest BCUT2D eigenvalue weighted by Gasteiger charge is -2.62. The standard InChI is InChI=1S/C30H42O11/c1-13-20(32)23(37-4)21(33)26(39-13)40-16-5-7-27(2)15(10-16)11-18-30(41-18)24(27)22(34)25(35)28(3)17(6-8-29(28,30)36)14-9-19(31)38-12-14/h9,13,15-18,20-24,26,32-34,36H,5-8,10-12H2,1-4H3/t13-,15+,16-,17-,18-,20-,21+,22+,23+,24-,26+,27+,28+,29+,30+/m1/s1. The number of rotatable bonds is 4. The van der Waals surface area contributed by atoms with Crippen LogP contribution in [0.4, 0.5) is 0 Å². The van der Waals surface area contributed by atoms with E-state index in [1.54, 1.807) is 13.8 Å². The van der Waals surface area contributed by atoms with Crippen LogP contribution >= 0.6 is 0 Å². The number of hydrogen-bond donors (Lipinski definition) is 4. The van der Waals surface area contributed by atoms with Gasteiger partial charge in [-0.3, -0.25) is 4.79 Å². The number of aliphatic hydroxyl groups is 4. The van der Waals surface area contributed by atoms with Crippen LogP contribution in [0.2, 0.25) is 0 Å². The summed E-state index contributed by atoms with van der Waals surface area (Å²) < 4.78 is 29.0. The molecule has 11 nitrogen and oxygen atoms in total. The summed E-state index contributed by atoms with van der Waals surface area (Å²) in [4.78, 5) is 26.0. The van der Waals surface area contributed by atoms with E-state index >= 15 is 0 Å². The molecule has 0 radical (unpaired) electrons. The van der Waals surface area contributed by atoms with E-state index in [4.69, 9.17) is 23.7 Å². The number of ketones is 1. The molecule has 0 aromatic carbocycles. The molecule has 0 bridgehead atoms. The molecule has 7 aliphatic rings. The van der Waals surface area contributed by atoms with E-state index in [1.807, 2.05) is 0 Å². The number of esters is 1. The molecule has 11 heteroatoms. The van der Waals surface area contributed by atoms with Gasteiger partial charge in [-0.05, 0) is 75.2 Å². The van der Waals surface area contributed by atoms with Crippen LogP contribution in [0.25, 0.3) is 0 Å². The van der Waals surface area contributed by atoms with Crippen LogP contribution in [0.5, 0.6) is 0 Å². The number of ether oxygens (including phenoxy) is 5. The minimum atomic E-state index is -1.48. The van der Waals surface area contributed by atoms with E-state index in [0.29, 0.717) is 44.1 Å². The molecule has 0 aromatic heterocycles. The second kappa shape index (κ2) is 9.04. The summed E-state index contributed by atoms with van der Waals surface area (Å²) in [5, 5.41) is 45.4. The fourth-order valence-corrected chi connectivity index (χ4v) is 10.3. The van der Waals surface area contributed by atoms with Crippen molar-refractivity contribution in [1.82, 2.24) is 0 Å². The zero-order valence-electron chi connectivity index (χ0n) is 24.0. The zero-order valence-corrected chi connectivity index (χ0v) is 24.0. The Morgan fingerprint density at radius 2 is 1.80 bits per heavy atom. The minimum absolute atomic E-state index is 0.0463. The third-order valence-electron chi connectivity index (χ3n) is 12.5. The number of methoxy groups -OCH3 is 1. The molecule has 0 aromatic rings. The number of carbonyl (C=O) groups excluding carboxylic acids is 2. The number of cyclic esters (lactones) is 1. The zero-order chi connectivity index (χ0) is 29.3. The van der Waals surface area contributed by atoms with Crippen molar-refractivity contribution in [3.8, 4) is 0 Å². The Kier molecular flexibility index (Phi) is 6.25. The van der Waals surface area contributed by atoms with E-state index in [1.165, 1.54) is 13.2 Å². The molecule has 228 valence electrons. The molecule has 7 rings (SSSR count). The lowest BCUT2D eigenvalue weighted by atomic mass is 9.41. The van der Waals surface area contributed by atoms with Gasteiger partial charge in [0.05, 0.1) is 23.7 Å². The Morgan fingerprint density at radius 1 is 1.05 bits per heavy atom. The predicted molar refractivity (Wildman–Crippen MR) is 139 cm³/mol. The first-order chi connectivity index (χ1) is 19.3. The summed E-state index contributed by atoms with van der Waals surface area (Å²) in [6.45, 7) is 5.65. The molecule has 2 saturated heterocycles. The van der Waals surface area contributed by atoms with Gasteiger partial charge in [-0.25, -0.2) is 4.79 Å². The molecular weight excluding hydrogens is 536 g/mol. The highest BCUT2D eigenvalue weighted by atomic mass is 16.7. The third-order valence-corrected chi connectivity index (χ3v) is 12.5. The lowest BCUT2D eigenvalue weighted by molar-refractivity contribution is -0.313. The Morgan fingerprint density at radius 3 is 2.49 bits per heavy atom. The van der Waals surface area contributed by atoms with Gasteiger partial charge in [-0.15, -0.1) is 0 Å². The largest absolute Gasteiger partial charge is 0.458 e. The molecule has 3 heterocycles. The highest BCUT2D eigenvalue weighted by Crippen LogP contribution is 2.76. The summed E-state index contributed by atoms with van der Waals surface area (Å²) in [5.74, 6) is -1.77. The van der Waals surface area contributed by atoms with Gasteiger partial charge < -0.3 is 44.1 Å². The van der Waals surface area contributed by atoms with Crippen LogP contribution in [0.3, 0.4) is 0 Å². The van der Waals surface area contributed by atoms with E-state index in [-0.39, 0.29) is 30.5 Å². The molecule has 41 heavy (non-hydrogen) atoms. The first-order valence-electron chi connectivity index (χ1n) is 15.0. The summed E-state index contributed by atoms with van der Waals surface area (Å²) in [7, 11) is 1.43. The molecule has 15 atom stereocenters. The monoisotopic (exact) mass is 578 g/mol. The van der Waals surface area contributed by atoms with Gasteiger partial charge in [-0.1, -0.05) is 6.92 Å². The van der Waals surface area contributed by atoms with Crippen molar-refractivity contribution >= 4 is 11.8 Å². The summed E-state index contributed by atoms with van der Waals surface area (Å²) in [6, 6.07) is 0. The fourth-order valence-electron chi connectivity index (χ4n) is 10.3. The van der Waals surface area contributed by atoms with Gasteiger partial charge in [0.1, 0.15) is 42.2 Å². The number of hydrogen-bond acceptors (Lipinski definition) is 11. The van der Waals surface area contributed by atoms with Crippen molar-refractivity contribution in [3.05, 3.63) is 11.6 Å². The second-order valence-electron chi connectivity index (χ2n) is 14.0. The van der Waals surface area contributed by atoms with Gasteiger partial charge in [0.2, 0.25) is 0 Å². The molecule has 1 spiro atoms. The number of Topliss-reactive ketones (excluding diaryl/α,β-unsaturated/α-hetero) is 1. The second-order valence-corrected chi connectivity index (χ2v) is 14.0. The van der Waals surface area contributed by atoms with E-state index in [2.05, 4.69) is 6.92 Å². The molecule has 0 unspecified atom stereocenters. The van der Waals surface area contributed by atoms with E-state index in [0.717, 1.165) is 0 Å². The predicted octanol–water partition coefficient (Wildman–Crippen LogP) is 0.391. The lowest BCUT2D eigenvalue weighted by Crippen LogP contribution is -2.75. The molecule has 0 amide bonds. The van der Waals surface area contributed by atoms with Crippen LogP contribution in [-0.4, -0.2) is 106 Å². The van der Waals surface area contributed by atoms with Gasteiger partial charge in [0.15, 0.2) is 12.1 Å². The van der Waals surface area contributed by atoms with Gasteiger partial charge in [-0.2, -0.15) is 0 Å². The smallest absolute Gasteiger partial charge is 0.331 e. The topological polar surface area (TPSA) is 165 Å². The summed E-state index contributed by atoms with van der Waals surface area (Å²) in [5.41, 5.74) is -3.60. The van der Waals surface area contributed by atoms with Gasteiger partial charge >= 0.3 is 5.97 Å². The minimum Gasteiger partial charge on any atom is -0.458 e. The Balaban J connectivity index is 1.15. The molecule has 6 fully saturated rings. The SMILES string of the molecule is CO[C@@H]1[C@H](O)[C@H](O[C@@H]2CC[C@@]3(C)[C@@H](C2)C[C@H]2O[C@]24[C@@H]3[C@H](O)C(=O)[C@]2(C)[C@@H](C3=CC(=O)OC3)CC[C@@]42O)O[C@H](C)[C@H]1O. The third kappa shape index (κ3) is 3.43. The van der Waals surface area contributed by atoms with Crippen LogP contribution in [0, 0.1) is 28.6 Å². The molecule has 3 aliphatic heterocycles. The highest BCUT2D eigenvalue weighted by Gasteiger charge is 2.88. The average Bonchev–Trinajstić information content (AvgIpc) is 3.38. The Labute approximate surface area is 239 Å². The van der Waals surface area contributed by atoms with E-state index < -0.39 is 76.6 Å². The fraction of sp³-hybridized carbons (Fsp3) is 0.867. The quantitative estimate of drug-likeness (QED) is 0.207. The van der Waals surface area contributed by atoms with Crippen LogP contribution in [0.15, 0.2) is 11.6 Å². The Bertz CT molecular complexity index is 1170. The summed E-state index contributed by atoms with van der Waals surface area (Å²) >= 11 is 0. The molecule has 4 N–H and O–H groups in total. The van der Waals surface area contributed by atoms with Crippen molar-refractivity contribution in [2.45, 2.75) is 120 Å². The maximum Gasteiger partial charge on any atom is 0.331 e. The van der Waals surface area contributed by atoms with Gasteiger partial charge in [0.25, 0.3) is 0 Å².